The van der Waals surface area contributed by atoms with Crippen LogP contribution in [0.25, 0.3) is 0 Å². The number of ketones is 1. The van der Waals surface area contributed by atoms with E-state index in [1.54, 1.807) is 0 Å². The van der Waals surface area contributed by atoms with Gasteiger partial charge in [0, 0.05) is 11.3 Å². The smallest absolute Gasteiger partial charge is 0.170 e. The summed E-state index contributed by atoms with van der Waals surface area (Å²) < 4.78 is 5.29. The first-order valence-corrected chi connectivity index (χ1v) is 7.65. The predicted molar refractivity (Wildman–Crippen MR) is 73.7 cm³/mol. The van der Waals surface area contributed by atoms with Gasteiger partial charge in [0.05, 0.1) is 6.61 Å². The largest absolute Gasteiger partial charge is 0.393 e. The highest BCUT2D eigenvalue weighted by Gasteiger charge is 2.58. The predicted octanol–water partition coefficient (Wildman–Crippen LogP) is 1.51. The minimum Gasteiger partial charge on any atom is -0.393 e. The van der Waals surface area contributed by atoms with E-state index in [0.717, 1.165) is 19.3 Å². The van der Waals surface area contributed by atoms with Gasteiger partial charge in [-0.05, 0) is 30.6 Å². The van der Waals surface area contributed by atoms with E-state index in [4.69, 9.17) is 4.74 Å². The van der Waals surface area contributed by atoms with Crippen molar-refractivity contribution in [2.24, 2.45) is 29.1 Å². The second-order valence-electron chi connectivity index (χ2n) is 6.94. The van der Waals surface area contributed by atoms with Crippen LogP contribution in [0.4, 0.5) is 0 Å². The Morgan fingerprint density at radius 3 is 2.85 bits per heavy atom. The molecule has 2 aliphatic carbocycles. The fourth-order valence-electron chi connectivity index (χ4n) is 4.62. The molecule has 2 N–H and O–H groups in total. The Morgan fingerprint density at radius 2 is 2.15 bits per heavy atom. The van der Waals surface area contributed by atoms with E-state index in [2.05, 4.69) is 13.0 Å². The zero-order chi connectivity index (χ0) is 14.5. The third kappa shape index (κ3) is 1.89. The molecule has 0 amide bonds. The first kappa shape index (κ1) is 14.2. The zero-order valence-electron chi connectivity index (χ0n) is 12.2. The van der Waals surface area contributed by atoms with Crippen LogP contribution in [0, 0.1) is 29.1 Å². The molecule has 4 nitrogen and oxygen atoms in total. The van der Waals surface area contributed by atoms with Gasteiger partial charge in [0.1, 0.15) is 6.10 Å². The maximum absolute atomic E-state index is 12.8. The molecule has 1 heterocycles. The molecule has 1 saturated heterocycles. The van der Waals surface area contributed by atoms with Crippen LogP contribution >= 0.6 is 0 Å². The number of aliphatic hydroxyl groups excluding tert-OH is 2. The van der Waals surface area contributed by atoms with E-state index in [1.165, 1.54) is 0 Å². The molecule has 3 aliphatic rings. The number of ether oxygens (including phenoxy) is 1. The SMILES string of the molecule is C[C@@H]1CC[C@@H]2[C@H](C=C[C@H]3[C@H](O)O[C@H](CO)C(=O)[C@@]23C)C1. The average Bonchev–Trinajstić information content (AvgIpc) is 2.42. The summed E-state index contributed by atoms with van der Waals surface area (Å²) in [7, 11) is 0. The third-order valence-corrected chi connectivity index (χ3v) is 5.79. The van der Waals surface area contributed by atoms with Gasteiger partial charge in [-0.15, -0.1) is 0 Å². The van der Waals surface area contributed by atoms with E-state index in [1.807, 2.05) is 13.0 Å². The first-order valence-electron chi connectivity index (χ1n) is 7.65. The van der Waals surface area contributed by atoms with Crippen LogP contribution in [0.1, 0.15) is 33.1 Å². The molecule has 0 aromatic heterocycles. The Balaban J connectivity index is 1.99. The van der Waals surface area contributed by atoms with E-state index in [0.29, 0.717) is 11.8 Å². The summed E-state index contributed by atoms with van der Waals surface area (Å²) in [5.41, 5.74) is -0.607. The van der Waals surface area contributed by atoms with Crippen molar-refractivity contribution in [2.45, 2.75) is 45.5 Å². The Kier molecular flexibility index (Phi) is 3.51. The highest BCUT2D eigenvalue weighted by Crippen LogP contribution is 2.55. The van der Waals surface area contributed by atoms with Crippen LogP contribution in [-0.4, -0.2) is 35.0 Å². The lowest BCUT2D eigenvalue weighted by Crippen LogP contribution is -2.61. The number of aliphatic hydroxyl groups is 2. The van der Waals surface area contributed by atoms with Crippen molar-refractivity contribution >= 4 is 5.78 Å². The van der Waals surface area contributed by atoms with E-state index >= 15 is 0 Å². The molecular weight excluding hydrogens is 256 g/mol. The summed E-state index contributed by atoms with van der Waals surface area (Å²) in [4.78, 5) is 12.8. The lowest BCUT2D eigenvalue weighted by Gasteiger charge is -2.54. The van der Waals surface area contributed by atoms with Gasteiger partial charge in [0.25, 0.3) is 0 Å². The van der Waals surface area contributed by atoms with Crippen molar-refractivity contribution in [3.05, 3.63) is 12.2 Å². The molecule has 20 heavy (non-hydrogen) atoms. The maximum atomic E-state index is 12.8. The second-order valence-corrected chi connectivity index (χ2v) is 6.94. The molecule has 7 atom stereocenters. The van der Waals surface area contributed by atoms with Crippen molar-refractivity contribution in [1.82, 2.24) is 0 Å². The molecule has 4 heteroatoms. The summed E-state index contributed by atoms with van der Waals surface area (Å²) in [6.45, 7) is 3.87. The highest BCUT2D eigenvalue weighted by atomic mass is 16.6. The fraction of sp³-hybridized carbons (Fsp3) is 0.812. The normalized spacial score (nSPS) is 51.5. The molecule has 0 unspecified atom stereocenters. The van der Waals surface area contributed by atoms with Gasteiger partial charge in [-0.2, -0.15) is 0 Å². The Bertz CT molecular complexity index is 432. The van der Waals surface area contributed by atoms with Crippen molar-refractivity contribution in [3.63, 3.8) is 0 Å². The minimum atomic E-state index is -0.994. The monoisotopic (exact) mass is 280 g/mol. The maximum Gasteiger partial charge on any atom is 0.170 e. The number of carbonyl (C=O) groups is 1. The molecular formula is C16H24O4. The van der Waals surface area contributed by atoms with Crippen LogP contribution in [-0.2, 0) is 9.53 Å². The number of fused-ring (bicyclic) bond motifs is 3. The highest BCUT2D eigenvalue weighted by molar-refractivity contribution is 5.90. The Labute approximate surface area is 119 Å². The van der Waals surface area contributed by atoms with Crippen LogP contribution < -0.4 is 0 Å². The van der Waals surface area contributed by atoms with Gasteiger partial charge >= 0.3 is 0 Å². The van der Waals surface area contributed by atoms with Gasteiger partial charge in [-0.25, -0.2) is 0 Å². The second kappa shape index (κ2) is 4.93. The van der Waals surface area contributed by atoms with Crippen molar-refractivity contribution < 1.29 is 19.7 Å². The number of Topliss-reactive ketones (excluding diaryl/α,β-unsaturated/α-hetero) is 1. The van der Waals surface area contributed by atoms with Crippen LogP contribution in [0.15, 0.2) is 12.2 Å². The number of rotatable bonds is 1. The summed E-state index contributed by atoms with van der Waals surface area (Å²) in [5.74, 6) is 1.04. The van der Waals surface area contributed by atoms with Crippen LogP contribution in [0.3, 0.4) is 0 Å². The summed E-state index contributed by atoms with van der Waals surface area (Å²) in [5, 5.41) is 19.5. The first-order chi connectivity index (χ1) is 9.48. The van der Waals surface area contributed by atoms with Gasteiger partial charge < -0.3 is 14.9 Å². The Morgan fingerprint density at radius 1 is 1.40 bits per heavy atom. The van der Waals surface area contributed by atoms with Crippen LogP contribution in [0.2, 0.25) is 0 Å². The zero-order valence-corrected chi connectivity index (χ0v) is 12.2. The number of allylic oxidation sites excluding steroid dienone is 1. The lowest BCUT2D eigenvalue weighted by molar-refractivity contribution is -0.231. The summed E-state index contributed by atoms with van der Waals surface area (Å²) >= 11 is 0. The molecule has 1 saturated carbocycles. The molecule has 1 aliphatic heterocycles. The van der Waals surface area contributed by atoms with Crippen LogP contribution in [0.5, 0.6) is 0 Å². The molecule has 3 rings (SSSR count). The summed E-state index contributed by atoms with van der Waals surface area (Å²) in [6, 6.07) is 0. The lowest BCUT2D eigenvalue weighted by atomic mass is 9.52. The quantitative estimate of drug-likeness (QED) is 0.715. The molecule has 2 fully saturated rings. The van der Waals surface area contributed by atoms with Crippen molar-refractivity contribution in [2.75, 3.05) is 6.61 Å². The number of hydrogen-bond acceptors (Lipinski definition) is 4. The third-order valence-electron chi connectivity index (χ3n) is 5.79. The Hall–Kier alpha value is -0.710. The fourth-order valence-corrected chi connectivity index (χ4v) is 4.62. The molecule has 0 spiro atoms. The number of hydrogen-bond donors (Lipinski definition) is 2. The number of carbonyl (C=O) groups excluding carboxylic acids is 1. The van der Waals surface area contributed by atoms with Crippen molar-refractivity contribution in [3.8, 4) is 0 Å². The van der Waals surface area contributed by atoms with E-state index in [9.17, 15) is 15.0 Å². The topological polar surface area (TPSA) is 66.8 Å². The molecule has 0 aromatic rings. The van der Waals surface area contributed by atoms with Gasteiger partial charge in [0.15, 0.2) is 12.1 Å². The molecule has 0 aromatic carbocycles. The molecule has 112 valence electrons. The molecule has 0 radical (unpaired) electrons. The average molecular weight is 280 g/mol. The van der Waals surface area contributed by atoms with E-state index in [-0.39, 0.29) is 24.2 Å². The standard InChI is InChI=1S/C16H24O4/c1-9-3-5-11-10(7-9)4-6-12-15(19)20-13(8-17)14(18)16(11,12)2/h4,6,9-13,15,17,19H,3,5,7-8H2,1-2H3/t9-,10-,11-,12+,13-,15-,16+/m1/s1. The molecule has 0 bridgehead atoms. The van der Waals surface area contributed by atoms with Gasteiger partial charge in [0.2, 0.25) is 0 Å². The summed E-state index contributed by atoms with van der Waals surface area (Å²) in [6.07, 6.45) is 5.52. The van der Waals surface area contributed by atoms with E-state index < -0.39 is 17.8 Å². The van der Waals surface area contributed by atoms with Gasteiger partial charge in [-0.3, -0.25) is 4.79 Å². The van der Waals surface area contributed by atoms with Crippen molar-refractivity contribution in [1.29, 1.82) is 0 Å². The van der Waals surface area contributed by atoms with Gasteiger partial charge in [-0.1, -0.05) is 32.4 Å². The minimum absolute atomic E-state index is 0.0378.